The van der Waals surface area contributed by atoms with Crippen molar-refractivity contribution in [3.63, 3.8) is 0 Å². The maximum absolute atomic E-state index is 6.66. The zero-order valence-electron chi connectivity index (χ0n) is 39.2. The first-order valence-corrected chi connectivity index (χ1v) is 24.1. The van der Waals surface area contributed by atoms with Gasteiger partial charge >= 0.3 is 0 Å². The lowest BCUT2D eigenvalue weighted by Crippen LogP contribution is -2.18. The quantitative estimate of drug-likeness (QED) is 0.144. The Kier molecular flexibility index (Phi) is 10.2. The van der Waals surface area contributed by atoms with Crippen LogP contribution in [0, 0.1) is 0 Å². The standard InChI is InChI=1S/C62H38N10O2/c1-5-25-57-52(21-1)71(53-22-2-6-26-58(53)73-57)40-35-41-42(56(36-40)72-54-23-3-7-27-59(54)74-60-28-8-4-24-55(60)72)33-39(61-67-48(44-17-9-13-29-63-44)37-49(68-61)45-18-10-14-30-64-45)34-43(41)62-69-50(46-19-11-15-31-65-46)38-51(70-62)47-20-12-16-32-66-47/h1-38H. The van der Waals surface area contributed by atoms with Crippen molar-refractivity contribution in [3.8, 4) is 91.3 Å². The summed E-state index contributed by atoms with van der Waals surface area (Å²) in [6, 6.07) is 68.3. The summed E-state index contributed by atoms with van der Waals surface area (Å²) in [6.45, 7) is 0. The maximum atomic E-state index is 6.66. The van der Waals surface area contributed by atoms with E-state index < -0.39 is 0 Å². The number of rotatable bonds is 8. The van der Waals surface area contributed by atoms with Crippen LogP contribution in [0.1, 0.15) is 0 Å². The molecule has 0 unspecified atom stereocenters. The van der Waals surface area contributed by atoms with Gasteiger partial charge in [0.05, 0.1) is 74.0 Å². The molecule has 8 heterocycles. The van der Waals surface area contributed by atoms with Crippen LogP contribution in [-0.2, 0) is 0 Å². The molecule has 2 aliphatic rings. The molecule has 0 saturated heterocycles. The van der Waals surface area contributed by atoms with E-state index in [1.807, 2.05) is 158 Å². The first-order chi connectivity index (χ1) is 36.7. The molecule has 6 aromatic heterocycles. The second kappa shape index (κ2) is 17.7. The largest absolute Gasteiger partial charge is 0.453 e. The minimum absolute atomic E-state index is 0.445. The normalized spacial score (nSPS) is 12.2. The van der Waals surface area contributed by atoms with Gasteiger partial charge in [0.1, 0.15) is 0 Å². The monoisotopic (exact) mass is 954 g/mol. The number of hydrogen-bond acceptors (Lipinski definition) is 12. The van der Waals surface area contributed by atoms with Crippen LogP contribution in [0.15, 0.2) is 231 Å². The molecule has 12 aromatic rings. The molecule has 12 nitrogen and oxygen atoms in total. The van der Waals surface area contributed by atoms with Crippen LogP contribution in [0.5, 0.6) is 23.0 Å². The van der Waals surface area contributed by atoms with Crippen molar-refractivity contribution < 1.29 is 9.47 Å². The highest BCUT2D eigenvalue weighted by atomic mass is 16.5. The van der Waals surface area contributed by atoms with E-state index >= 15 is 0 Å². The molecule has 6 aromatic carbocycles. The van der Waals surface area contributed by atoms with Crippen molar-refractivity contribution in [2.75, 3.05) is 9.80 Å². The lowest BCUT2D eigenvalue weighted by molar-refractivity contribution is 0.477. The van der Waals surface area contributed by atoms with Gasteiger partial charge in [-0.2, -0.15) is 0 Å². The van der Waals surface area contributed by atoms with E-state index in [0.717, 1.165) is 56.4 Å². The summed E-state index contributed by atoms with van der Waals surface area (Å²) < 4.78 is 13.2. The number of ether oxygens (including phenoxy) is 2. The molecule has 0 amide bonds. The van der Waals surface area contributed by atoms with Gasteiger partial charge in [-0.1, -0.05) is 72.8 Å². The molecule has 14 rings (SSSR count). The first kappa shape index (κ1) is 42.4. The van der Waals surface area contributed by atoms with Crippen LogP contribution in [0.25, 0.3) is 79.1 Å². The molecule has 74 heavy (non-hydrogen) atoms. The summed E-state index contributed by atoms with van der Waals surface area (Å²) in [5.74, 6) is 3.77. The summed E-state index contributed by atoms with van der Waals surface area (Å²) in [7, 11) is 0. The highest BCUT2D eigenvalue weighted by molar-refractivity contribution is 6.11. The number of fused-ring (bicyclic) bond motifs is 5. The second-order valence-electron chi connectivity index (χ2n) is 17.6. The fourth-order valence-corrected chi connectivity index (χ4v) is 9.73. The lowest BCUT2D eigenvalue weighted by Gasteiger charge is -2.36. The Hall–Kier alpha value is -10.5. The van der Waals surface area contributed by atoms with Gasteiger partial charge in [0.2, 0.25) is 0 Å². The summed E-state index contributed by atoms with van der Waals surface area (Å²) in [4.78, 5) is 45.0. The van der Waals surface area contributed by atoms with Gasteiger partial charge in [0, 0.05) is 47.0 Å². The van der Waals surface area contributed by atoms with Gasteiger partial charge in [-0.15, -0.1) is 0 Å². The van der Waals surface area contributed by atoms with Crippen molar-refractivity contribution in [1.82, 2.24) is 39.9 Å². The molecule has 0 atom stereocenters. The molecule has 0 bridgehead atoms. The van der Waals surface area contributed by atoms with E-state index in [4.69, 9.17) is 49.3 Å². The Labute approximate surface area is 424 Å². The Morgan fingerprint density at radius 1 is 0.284 bits per heavy atom. The number of pyridine rings is 4. The van der Waals surface area contributed by atoms with E-state index in [-0.39, 0.29) is 0 Å². The van der Waals surface area contributed by atoms with E-state index in [1.165, 1.54) is 0 Å². The van der Waals surface area contributed by atoms with Gasteiger partial charge in [0.15, 0.2) is 34.6 Å². The van der Waals surface area contributed by atoms with Crippen LogP contribution < -0.4 is 19.3 Å². The van der Waals surface area contributed by atoms with Crippen molar-refractivity contribution in [3.05, 3.63) is 231 Å². The molecule has 0 spiro atoms. The SMILES string of the molecule is c1ccc(-c2cc(-c3ccccn3)nc(-c3cc(-c4nc(-c5ccccn5)cc(-c5ccccn5)n4)c4cc(N5c6ccccc6Oc6ccccc65)cc(N5c6ccccc6Oc6ccccc65)c4c3)n2)nc1. The summed E-state index contributed by atoms with van der Waals surface area (Å²) in [6.07, 6.45) is 7.08. The third kappa shape index (κ3) is 7.49. The number of aromatic nitrogens is 8. The van der Waals surface area contributed by atoms with Crippen LogP contribution in [0.2, 0.25) is 0 Å². The predicted molar refractivity (Wildman–Crippen MR) is 288 cm³/mol. The molecule has 0 aliphatic carbocycles. The molecular formula is C62H38N10O2. The lowest BCUT2D eigenvalue weighted by atomic mass is 9.95. The topological polar surface area (TPSA) is 128 Å². The maximum Gasteiger partial charge on any atom is 0.161 e. The van der Waals surface area contributed by atoms with Gasteiger partial charge in [0.25, 0.3) is 0 Å². The Bertz CT molecular complexity index is 3900. The van der Waals surface area contributed by atoms with E-state index in [1.54, 1.807) is 24.8 Å². The van der Waals surface area contributed by atoms with Crippen LogP contribution in [0.3, 0.4) is 0 Å². The number of anilines is 6. The molecule has 2 aliphatic heterocycles. The Morgan fingerprint density at radius 3 is 1.07 bits per heavy atom. The van der Waals surface area contributed by atoms with E-state index in [0.29, 0.717) is 79.8 Å². The van der Waals surface area contributed by atoms with Crippen molar-refractivity contribution >= 4 is 44.9 Å². The van der Waals surface area contributed by atoms with Crippen molar-refractivity contribution in [1.29, 1.82) is 0 Å². The number of benzene rings is 6. The minimum Gasteiger partial charge on any atom is -0.453 e. The first-order valence-electron chi connectivity index (χ1n) is 24.1. The van der Waals surface area contributed by atoms with Crippen LogP contribution in [-0.4, -0.2) is 39.9 Å². The zero-order valence-corrected chi connectivity index (χ0v) is 39.2. The number of hydrogen-bond donors (Lipinski definition) is 0. The average molecular weight is 955 g/mol. The fraction of sp³-hybridized carbons (Fsp3) is 0. The highest BCUT2D eigenvalue weighted by Crippen LogP contribution is 2.56. The van der Waals surface area contributed by atoms with Gasteiger partial charge in [-0.05, 0) is 139 Å². The zero-order chi connectivity index (χ0) is 49.0. The van der Waals surface area contributed by atoms with Gasteiger partial charge < -0.3 is 19.3 Å². The smallest absolute Gasteiger partial charge is 0.161 e. The predicted octanol–water partition coefficient (Wildman–Crippen LogP) is 15.2. The fourth-order valence-electron chi connectivity index (χ4n) is 9.73. The molecule has 0 fully saturated rings. The summed E-state index contributed by atoms with van der Waals surface area (Å²) >= 11 is 0. The highest BCUT2D eigenvalue weighted by Gasteiger charge is 2.32. The molecule has 348 valence electrons. The van der Waals surface area contributed by atoms with Gasteiger partial charge in [-0.3, -0.25) is 19.9 Å². The number of para-hydroxylation sites is 8. The van der Waals surface area contributed by atoms with E-state index in [9.17, 15) is 0 Å². The Balaban J connectivity index is 1.13. The molecule has 0 saturated carbocycles. The Morgan fingerprint density at radius 2 is 0.662 bits per heavy atom. The van der Waals surface area contributed by atoms with Crippen LogP contribution in [0.4, 0.5) is 34.1 Å². The van der Waals surface area contributed by atoms with Crippen molar-refractivity contribution in [2.45, 2.75) is 0 Å². The van der Waals surface area contributed by atoms with Crippen LogP contribution >= 0.6 is 0 Å². The molecular weight excluding hydrogens is 917 g/mol. The minimum atomic E-state index is 0.445. The average Bonchev–Trinajstić information content (AvgIpc) is 3.48. The van der Waals surface area contributed by atoms with Gasteiger partial charge in [-0.25, -0.2) is 19.9 Å². The molecule has 12 heteroatoms. The molecule has 0 radical (unpaired) electrons. The number of nitrogens with zero attached hydrogens (tertiary/aromatic N) is 10. The van der Waals surface area contributed by atoms with Crippen molar-refractivity contribution in [2.24, 2.45) is 0 Å². The summed E-state index contributed by atoms with van der Waals surface area (Å²) in [5, 5.41) is 1.71. The third-order valence-corrected chi connectivity index (χ3v) is 13.1. The second-order valence-corrected chi connectivity index (χ2v) is 17.6. The van der Waals surface area contributed by atoms with E-state index in [2.05, 4.69) is 58.3 Å². The third-order valence-electron chi connectivity index (χ3n) is 13.1. The summed E-state index contributed by atoms with van der Waals surface area (Å²) in [5.41, 5.74) is 11.9. The molecule has 0 N–H and O–H groups in total.